The van der Waals surface area contributed by atoms with Gasteiger partial charge in [0, 0.05) is 24.0 Å². The van der Waals surface area contributed by atoms with Gasteiger partial charge in [0.25, 0.3) is 0 Å². The second kappa shape index (κ2) is 8.05. The Kier molecular flexibility index (Phi) is 5.57. The molecule has 0 saturated carbocycles. The number of pyridine rings is 1. The summed E-state index contributed by atoms with van der Waals surface area (Å²) in [5, 5.41) is 1.23. The third-order valence-corrected chi connectivity index (χ3v) is 4.45. The van der Waals surface area contributed by atoms with E-state index in [4.69, 9.17) is 0 Å². The van der Waals surface area contributed by atoms with Crippen LogP contribution in [0.2, 0.25) is 0 Å². The van der Waals surface area contributed by atoms with Crippen molar-refractivity contribution in [3.05, 3.63) is 78.2 Å². The summed E-state index contributed by atoms with van der Waals surface area (Å²) in [6.07, 6.45) is 5.28. The van der Waals surface area contributed by atoms with E-state index in [1.807, 2.05) is 18.3 Å². The van der Waals surface area contributed by atoms with Gasteiger partial charge in [-0.25, -0.2) is 0 Å². The van der Waals surface area contributed by atoms with E-state index >= 15 is 0 Å². The molecule has 0 amide bonds. The van der Waals surface area contributed by atoms with Gasteiger partial charge in [-0.1, -0.05) is 45.9 Å². The zero-order valence-electron chi connectivity index (χ0n) is 15.8. The van der Waals surface area contributed by atoms with Crippen LogP contribution in [-0.2, 0) is 0 Å². The molecule has 2 heterocycles. The van der Waals surface area contributed by atoms with Crippen molar-refractivity contribution in [3.8, 4) is 0 Å². The molecule has 0 aliphatic rings. The summed E-state index contributed by atoms with van der Waals surface area (Å²) in [5.74, 6) is 1.14. The Bertz CT molecular complexity index is 923. The summed E-state index contributed by atoms with van der Waals surface area (Å²) >= 11 is 0. The monoisotopic (exact) mass is 343 g/mol. The molecule has 4 rings (SSSR count). The number of fused-ring (bicyclic) bond motifs is 2. The molecule has 0 radical (unpaired) electrons. The molecule has 0 N–H and O–H groups in total. The third kappa shape index (κ3) is 4.23. The lowest BCUT2D eigenvalue weighted by Crippen LogP contribution is -1.89. The molecular weight excluding hydrogens is 318 g/mol. The zero-order chi connectivity index (χ0) is 18.5. The Morgan fingerprint density at radius 3 is 1.85 bits per heavy atom. The first-order valence-electron chi connectivity index (χ1n) is 9.10. The fourth-order valence-corrected chi connectivity index (χ4v) is 2.79. The molecule has 0 atom stereocenters. The topological polar surface area (TPSA) is 38.7 Å². The van der Waals surface area contributed by atoms with E-state index in [1.54, 1.807) is 12.4 Å². The number of benzene rings is 2. The molecule has 0 aliphatic heterocycles. The van der Waals surface area contributed by atoms with Gasteiger partial charge in [-0.3, -0.25) is 15.0 Å². The maximum atomic E-state index is 4.28. The van der Waals surface area contributed by atoms with Crippen molar-refractivity contribution < 1.29 is 0 Å². The van der Waals surface area contributed by atoms with Gasteiger partial charge in [-0.15, -0.1) is 0 Å². The SMILES string of the molecule is CC(C)c1ccc2ncccc2c1.CC(C)c1ccc2nccnc2c1. The lowest BCUT2D eigenvalue weighted by atomic mass is 10.0. The molecule has 3 nitrogen and oxygen atoms in total. The number of hydrogen-bond acceptors (Lipinski definition) is 3. The van der Waals surface area contributed by atoms with Gasteiger partial charge in [0.2, 0.25) is 0 Å². The summed E-state index contributed by atoms with van der Waals surface area (Å²) in [6, 6.07) is 16.8. The van der Waals surface area contributed by atoms with Gasteiger partial charge < -0.3 is 0 Å². The van der Waals surface area contributed by atoms with Crippen molar-refractivity contribution >= 4 is 21.9 Å². The van der Waals surface area contributed by atoms with Gasteiger partial charge in [-0.05, 0) is 53.3 Å². The predicted molar refractivity (Wildman–Crippen MR) is 109 cm³/mol. The van der Waals surface area contributed by atoms with Crippen LogP contribution >= 0.6 is 0 Å². The Labute approximate surface area is 155 Å². The summed E-state index contributed by atoms with van der Waals surface area (Å²) < 4.78 is 0. The molecule has 2 aromatic heterocycles. The van der Waals surface area contributed by atoms with Gasteiger partial charge in [0.15, 0.2) is 0 Å². The fraction of sp³-hybridized carbons (Fsp3) is 0.261. The van der Waals surface area contributed by atoms with Gasteiger partial charge in [0.1, 0.15) is 0 Å². The normalized spacial score (nSPS) is 11.0. The maximum absolute atomic E-state index is 4.28. The van der Waals surface area contributed by atoms with Crippen LogP contribution in [0.15, 0.2) is 67.1 Å². The average molecular weight is 343 g/mol. The highest BCUT2D eigenvalue weighted by atomic mass is 14.8. The number of rotatable bonds is 2. The molecule has 0 aliphatic carbocycles. The molecule has 0 fully saturated rings. The minimum absolute atomic E-state index is 0.548. The molecule has 26 heavy (non-hydrogen) atoms. The van der Waals surface area contributed by atoms with Crippen LogP contribution in [0.3, 0.4) is 0 Å². The Morgan fingerprint density at radius 2 is 1.15 bits per heavy atom. The summed E-state index contributed by atoms with van der Waals surface area (Å²) in [4.78, 5) is 12.8. The lowest BCUT2D eigenvalue weighted by molar-refractivity contribution is 0.868. The third-order valence-electron chi connectivity index (χ3n) is 4.45. The molecule has 0 bridgehead atoms. The summed E-state index contributed by atoms with van der Waals surface area (Å²) in [7, 11) is 0. The lowest BCUT2D eigenvalue weighted by Gasteiger charge is -2.05. The highest BCUT2D eigenvalue weighted by Crippen LogP contribution is 2.19. The van der Waals surface area contributed by atoms with E-state index in [2.05, 4.69) is 79.0 Å². The van der Waals surface area contributed by atoms with E-state index in [-0.39, 0.29) is 0 Å². The Balaban J connectivity index is 0.000000151. The fourth-order valence-electron chi connectivity index (χ4n) is 2.79. The maximum Gasteiger partial charge on any atom is 0.0889 e. The second-order valence-corrected chi connectivity index (χ2v) is 7.07. The predicted octanol–water partition coefficient (Wildman–Crippen LogP) is 6.11. The largest absolute Gasteiger partial charge is 0.256 e. The minimum atomic E-state index is 0.548. The second-order valence-electron chi connectivity index (χ2n) is 7.07. The van der Waals surface area contributed by atoms with Crippen molar-refractivity contribution in [3.63, 3.8) is 0 Å². The van der Waals surface area contributed by atoms with Crippen LogP contribution in [0.25, 0.3) is 21.9 Å². The summed E-state index contributed by atoms with van der Waals surface area (Å²) in [6.45, 7) is 8.77. The van der Waals surface area contributed by atoms with Crippen molar-refractivity contribution in [2.24, 2.45) is 0 Å². The summed E-state index contributed by atoms with van der Waals surface area (Å²) in [5.41, 5.74) is 5.71. The molecular formula is C23H25N3. The highest BCUT2D eigenvalue weighted by Gasteiger charge is 2.01. The van der Waals surface area contributed by atoms with E-state index in [1.165, 1.54) is 16.5 Å². The molecule has 0 saturated heterocycles. The van der Waals surface area contributed by atoms with E-state index in [0.717, 1.165) is 16.6 Å². The number of nitrogens with zero attached hydrogens (tertiary/aromatic N) is 3. The quantitative estimate of drug-likeness (QED) is 0.440. The van der Waals surface area contributed by atoms with Crippen molar-refractivity contribution in [2.75, 3.05) is 0 Å². The number of hydrogen-bond donors (Lipinski definition) is 0. The average Bonchev–Trinajstić information content (AvgIpc) is 2.67. The first-order valence-corrected chi connectivity index (χ1v) is 9.10. The molecule has 4 aromatic rings. The van der Waals surface area contributed by atoms with E-state index < -0.39 is 0 Å². The van der Waals surface area contributed by atoms with E-state index in [0.29, 0.717) is 11.8 Å². The van der Waals surface area contributed by atoms with Crippen LogP contribution < -0.4 is 0 Å². The first kappa shape index (κ1) is 18.0. The molecule has 3 heteroatoms. The van der Waals surface area contributed by atoms with Gasteiger partial charge in [-0.2, -0.15) is 0 Å². The highest BCUT2D eigenvalue weighted by molar-refractivity contribution is 5.79. The van der Waals surface area contributed by atoms with Crippen LogP contribution in [-0.4, -0.2) is 15.0 Å². The van der Waals surface area contributed by atoms with E-state index in [9.17, 15) is 0 Å². The van der Waals surface area contributed by atoms with Crippen molar-refractivity contribution in [1.82, 2.24) is 15.0 Å². The van der Waals surface area contributed by atoms with Crippen LogP contribution in [0.5, 0.6) is 0 Å². The van der Waals surface area contributed by atoms with Crippen LogP contribution in [0, 0.1) is 0 Å². The van der Waals surface area contributed by atoms with Gasteiger partial charge in [0.05, 0.1) is 16.6 Å². The standard InChI is InChI=1S/C12H13N.C11H12N2/c1-9(2)10-5-6-12-11(8-10)4-3-7-13-12;1-8(2)9-3-4-10-11(7-9)13-6-5-12-10/h3-9H,1-2H3;3-8H,1-2H3. The molecule has 2 aromatic carbocycles. The number of aromatic nitrogens is 3. The minimum Gasteiger partial charge on any atom is -0.256 e. The Morgan fingerprint density at radius 1 is 0.577 bits per heavy atom. The van der Waals surface area contributed by atoms with Crippen LogP contribution in [0.4, 0.5) is 0 Å². The Hall–Kier alpha value is -2.81. The van der Waals surface area contributed by atoms with Crippen molar-refractivity contribution in [1.29, 1.82) is 0 Å². The van der Waals surface area contributed by atoms with Gasteiger partial charge >= 0.3 is 0 Å². The molecule has 132 valence electrons. The van der Waals surface area contributed by atoms with Crippen molar-refractivity contribution in [2.45, 2.75) is 39.5 Å². The molecule has 0 spiro atoms. The first-order chi connectivity index (χ1) is 12.5. The van der Waals surface area contributed by atoms with Crippen LogP contribution in [0.1, 0.15) is 50.7 Å². The smallest absolute Gasteiger partial charge is 0.0889 e. The zero-order valence-corrected chi connectivity index (χ0v) is 15.8. The molecule has 0 unspecified atom stereocenters.